The molecule has 2 atom stereocenters. The Bertz CT molecular complexity index is 572. The first-order valence-corrected chi connectivity index (χ1v) is 8.14. The van der Waals surface area contributed by atoms with Crippen LogP contribution in [0.4, 0.5) is 10.1 Å². The Labute approximate surface area is 113 Å². The predicted molar refractivity (Wildman–Crippen MR) is 74.5 cm³/mol. The molecule has 1 aliphatic heterocycles. The predicted octanol–water partition coefficient (Wildman–Crippen LogP) is 1.47. The van der Waals surface area contributed by atoms with Crippen molar-refractivity contribution in [3.8, 4) is 0 Å². The number of benzene rings is 1. The lowest BCUT2D eigenvalue weighted by Gasteiger charge is -2.35. The lowest BCUT2D eigenvalue weighted by Crippen LogP contribution is -2.47. The zero-order valence-corrected chi connectivity index (χ0v) is 12.0. The van der Waals surface area contributed by atoms with Gasteiger partial charge in [0.1, 0.15) is 5.82 Å². The molecule has 0 aliphatic carbocycles. The average molecular weight is 286 g/mol. The summed E-state index contributed by atoms with van der Waals surface area (Å²) in [4.78, 5) is 1.81. The van der Waals surface area contributed by atoms with Crippen molar-refractivity contribution in [1.82, 2.24) is 0 Å². The van der Waals surface area contributed by atoms with E-state index < -0.39 is 9.84 Å². The van der Waals surface area contributed by atoms with Crippen LogP contribution in [0.2, 0.25) is 0 Å². The summed E-state index contributed by atoms with van der Waals surface area (Å²) in [5.74, 6) is -0.200. The highest BCUT2D eigenvalue weighted by Gasteiger charge is 2.29. The summed E-state index contributed by atoms with van der Waals surface area (Å²) in [7, 11) is -2.99. The highest BCUT2D eigenvalue weighted by molar-refractivity contribution is 7.91. The maximum Gasteiger partial charge on any atom is 0.154 e. The Morgan fingerprint density at radius 2 is 2.16 bits per heavy atom. The van der Waals surface area contributed by atoms with Crippen molar-refractivity contribution in [2.45, 2.75) is 25.9 Å². The minimum atomic E-state index is -2.99. The van der Waals surface area contributed by atoms with Gasteiger partial charge in [0.05, 0.1) is 17.2 Å². The smallest absolute Gasteiger partial charge is 0.154 e. The number of nitrogens with zero attached hydrogens (tertiary/aromatic N) is 1. The molecule has 106 valence electrons. The lowest BCUT2D eigenvalue weighted by atomic mass is 10.1. The fourth-order valence-electron chi connectivity index (χ4n) is 2.40. The van der Waals surface area contributed by atoms with Gasteiger partial charge in [0.25, 0.3) is 0 Å². The van der Waals surface area contributed by atoms with E-state index in [4.69, 9.17) is 5.73 Å². The van der Waals surface area contributed by atoms with E-state index >= 15 is 0 Å². The third kappa shape index (κ3) is 3.06. The molecule has 0 bridgehead atoms. The SMILES string of the molecule is CC1CS(=O)(=O)CCN1c1ccc([C@H](C)N)cc1F. The summed E-state index contributed by atoms with van der Waals surface area (Å²) in [5, 5.41) is 0. The lowest BCUT2D eigenvalue weighted by molar-refractivity contribution is 0.558. The molecule has 1 aromatic carbocycles. The van der Waals surface area contributed by atoms with Crippen LogP contribution in [0.25, 0.3) is 0 Å². The van der Waals surface area contributed by atoms with E-state index in [1.165, 1.54) is 6.07 Å². The molecule has 1 aromatic rings. The molecule has 0 spiro atoms. The van der Waals surface area contributed by atoms with Crippen LogP contribution in [-0.4, -0.2) is 32.5 Å². The molecule has 1 fully saturated rings. The van der Waals surface area contributed by atoms with Gasteiger partial charge in [-0.25, -0.2) is 12.8 Å². The number of rotatable bonds is 2. The summed E-state index contributed by atoms with van der Waals surface area (Å²) in [6.07, 6.45) is 0. The van der Waals surface area contributed by atoms with Crippen molar-refractivity contribution < 1.29 is 12.8 Å². The quantitative estimate of drug-likeness (QED) is 0.894. The zero-order valence-electron chi connectivity index (χ0n) is 11.1. The van der Waals surface area contributed by atoms with E-state index in [9.17, 15) is 12.8 Å². The van der Waals surface area contributed by atoms with Gasteiger partial charge < -0.3 is 10.6 Å². The van der Waals surface area contributed by atoms with Crippen LogP contribution in [-0.2, 0) is 9.84 Å². The summed E-state index contributed by atoms with van der Waals surface area (Å²) < 4.78 is 37.2. The number of anilines is 1. The normalized spacial score (nSPS) is 24.2. The van der Waals surface area contributed by atoms with E-state index in [0.29, 0.717) is 12.2 Å². The Balaban J connectivity index is 2.28. The number of hydrogen-bond donors (Lipinski definition) is 1. The van der Waals surface area contributed by atoms with Crippen molar-refractivity contribution in [2.75, 3.05) is 23.0 Å². The van der Waals surface area contributed by atoms with Gasteiger partial charge in [-0.3, -0.25) is 0 Å². The molecule has 1 heterocycles. The number of sulfone groups is 1. The van der Waals surface area contributed by atoms with Crippen molar-refractivity contribution in [1.29, 1.82) is 0 Å². The summed E-state index contributed by atoms with van der Waals surface area (Å²) in [6.45, 7) is 3.93. The van der Waals surface area contributed by atoms with Gasteiger partial charge in [-0.15, -0.1) is 0 Å². The first-order chi connectivity index (χ1) is 8.80. The summed E-state index contributed by atoms with van der Waals surface area (Å²) in [6, 6.07) is 4.47. The first-order valence-electron chi connectivity index (χ1n) is 6.32. The molecule has 0 aromatic heterocycles. The van der Waals surface area contributed by atoms with Crippen molar-refractivity contribution in [3.05, 3.63) is 29.6 Å². The molecule has 4 nitrogen and oxygen atoms in total. The number of hydrogen-bond acceptors (Lipinski definition) is 4. The molecule has 0 radical (unpaired) electrons. The van der Waals surface area contributed by atoms with E-state index in [-0.39, 0.29) is 29.4 Å². The summed E-state index contributed by atoms with van der Waals surface area (Å²) >= 11 is 0. The largest absolute Gasteiger partial charge is 0.364 e. The minimum absolute atomic E-state index is 0.0709. The third-order valence-electron chi connectivity index (χ3n) is 3.48. The average Bonchev–Trinajstić information content (AvgIpc) is 2.29. The molecule has 0 saturated carbocycles. The highest BCUT2D eigenvalue weighted by Crippen LogP contribution is 2.26. The minimum Gasteiger partial charge on any atom is -0.364 e. The van der Waals surface area contributed by atoms with Crippen LogP contribution in [0, 0.1) is 5.82 Å². The van der Waals surface area contributed by atoms with E-state index in [2.05, 4.69) is 0 Å². The van der Waals surface area contributed by atoms with Gasteiger partial charge in [-0.1, -0.05) is 6.07 Å². The second-order valence-electron chi connectivity index (χ2n) is 5.16. The Kier molecular flexibility index (Phi) is 3.82. The van der Waals surface area contributed by atoms with Crippen molar-refractivity contribution in [3.63, 3.8) is 0 Å². The molecular formula is C13H19FN2O2S. The van der Waals surface area contributed by atoms with Crippen LogP contribution in [0.15, 0.2) is 18.2 Å². The van der Waals surface area contributed by atoms with Crippen molar-refractivity contribution >= 4 is 15.5 Å². The maximum absolute atomic E-state index is 14.1. The van der Waals surface area contributed by atoms with Crippen molar-refractivity contribution in [2.24, 2.45) is 5.73 Å². The van der Waals surface area contributed by atoms with Gasteiger partial charge >= 0.3 is 0 Å². The fraction of sp³-hybridized carbons (Fsp3) is 0.538. The van der Waals surface area contributed by atoms with Crippen LogP contribution < -0.4 is 10.6 Å². The topological polar surface area (TPSA) is 63.4 Å². The molecule has 1 saturated heterocycles. The monoisotopic (exact) mass is 286 g/mol. The standard InChI is InChI=1S/C13H19FN2O2S/c1-9-8-19(17,18)6-5-16(9)13-4-3-11(10(2)15)7-12(13)14/h3-4,7,9-10H,5-6,8,15H2,1-2H3/t9?,10-/m0/s1. The fourth-order valence-corrected chi connectivity index (χ4v) is 3.95. The number of nitrogens with two attached hydrogens (primary N) is 1. The second-order valence-corrected chi connectivity index (χ2v) is 7.39. The number of halogens is 1. The van der Waals surface area contributed by atoms with E-state index in [0.717, 1.165) is 5.56 Å². The van der Waals surface area contributed by atoms with Gasteiger partial charge in [-0.2, -0.15) is 0 Å². The van der Waals surface area contributed by atoms with E-state index in [1.807, 2.05) is 0 Å². The van der Waals surface area contributed by atoms with Crippen LogP contribution in [0.1, 0.15) is 25.5 Å². The van der Waals surface area contributed by atoms with Crippen LogP contribution in [0.5, 0.6) is 0 Å². The Morgan fingerprint density at radius 1 is 1.47 bits per heavy atom. The molecule has 19 heavy (non-hydrogen) atoms. The maximum atomic E-state index is 14.1. The van der Waals surface area contributed by atoms with Gasteiger partial charge in [-0.05, 0) is 31.5 Å². The second kappa shape index (κ2) is 5.09. The molecular weight excluding hydrogens is 267 g/mol. The molecule has 1 aliphatic rings. The van der Waals surface area contributed by atoms with Gasteiger partial charge in [0.2, 0.25) is 0 Å². The highest BCUT2D eigenvalue weighted by atomic mass is 32.2. The van der Waals surface area contributed by atoms with Crippen LogP contribution in [0.3, 0.4) is 0 Å². The first kappa shape index (κ1) is 14.3. The third-order valence-corrected chi connectivity index (χ3v) is 5.27. The van der Waals surface area contributed by atoms with Gasteiger partial charge in [0.15, 0.2) is 9.84 Å². The Morgan fingerprint density at radius 3 is 2.68 bits per heavy atom. The molecule has 6 heteroatoms. The zero-order chi connectivity index (χ0) is 14.2. The molecule has 2 rings (SSSR count). The molecule has 1 unspecified atom stereocenters. The van der Waals surface area contributed by atoms with E-state index in [1.54, 1.807) is 30.9 Å². The van der Waals surface area contributed by atoms with Crippen LogP contribution >= 0.6 is 0 Å². The Hall–Kier alpha value is -1.14. The summed E-state index contributed by atoms with van der Waals surface area (Å²) in [5.41, 5.74) is 6.90. The van der Waals surface area contributed by atoms with Gasteiger partial charge in [0, 0.05) is 18.6 Å². The molecule has 2 N–H and O–H groups in total. The molecule has 0 amide bonds.